The van der Waals surface area contributed by atoms with E-state index in [2.05, 4.69) is 24.3 Å². The Hall–Kier alpha value is -1.09. The first-order chi connectivity index (χ1) is 7.29. The Balaban J connectivity index is 2.09. The van der Waals surface area contributed by atoms with Gasteiger partial charge in [0.1, 0.15) is 0 Å². The highest BCUT2D eigenvalue weighted by molar-refractivity contribution is 5.65. The average molecular weight is 205 g/mol. The molecule has 0 saturated heterocycles. The fraction of sp³-hybridized carbons (Fsp3) is 0.583. The van der Waals surface area contributed by atoms with Crippen LogP contribution in [0.3, 0.4) is 0 Å². The summed E-state index contributed by atoms with van der Waals surface area (Å²) >= 11 is 0. The summed E-state index contributed by atoms with van der Waals surface area (Å²) in [6.07, 6.45) is 10.7. The number of aryl methyl sites for hydroxylation is 1. The molecule has 0 aliphatic heterocycles. The molecule has 1 aliphatic rings. The normalized spacial score (nSPS) is 21.5. The van der Waals surface area contributed by atoms with Crippen molar-refractivity contribution in [3.63, 3.8) is 0 Å². The van der Waals surface area contributed by atoms with Gasteiger partial charge in [-0.15, -0.1) is 0 Å². The second-order valence-corrected chi connectivity index (χ2v) is 4.26. The first-order valence-electron chi connectivity index (χ1n) is 5.77. The van der Waals surface area contributed by atoms with E-state index in [1.54, 1.807) is 0 Å². The molecule has 1 aromatic rings. The van der Waals surface area contributed by atoms with Gasteiger partial charge in [0.25, 0.3) is 0 Å². The largest absolute Gasteiger partial charge is 0.327 e. The fourth-order valence-corrected chi connectivity index (χ4v) is 2.00. The van der Waals surface area contributed by atoms with Gasteiger partial charge >= 0.3 is 0 Å². The first-order valence-corrected chi connectivity index (χ1v) is 5.77. The maximum atomic E-state index is 5.86. The molecule has 0 radical (unpaired) electrons. The average Bonchev–Trinajstić information content (AvgIpc) is 2.68. The van der Waals surface area contributed by atoms with Crippen molar-refractivity contribution in [2.24, 2.45) is 5.73 Å². The van der Waals surface area contributed by atoms with Gasteiger partial charge in [0.2, 0.25) is 0 Å². The van der Waals surface area contributed by atoms with Gasteiger partial charge in [-0.2, -0.15) is 5.10 Å². The number of aromatic nitrogens is 2. The molecule has 1 unspecified atom stereocenters. The van der Waals surface area contributed by atoms with E-state index in [1.165, 1.54) is 11.1 Å². The third-order valence-electron chi connectivity index (χ3n) is 2.91. The van der Waals surface area contributed by atoms with Crippen molar-refractivity contribution in [2.45, 2.75) is 45.2 Å². The van der Waals surface area contributed by atoms with Crippen molar-refractivity contribution in [1.29, 1.82) is 0 Å². The molecular formula is C12H19N3. The van der Waals surface area contributed by atoms with Crippen LogP contribution in [0.2, 0.25) is 0 Å². The van der Waals surface area contributed by atoms with Crippen molar-refractivity contribution in [3.05, 3.63) is 24.0 Å². The van der Waals surface area contributed by atoms with E-state index >= 15 is 0 Å². The molecule has 0 bridgehead atoms. The summed E-state index contributed by atoms with van der Waals surface area (Å²) in [4.78, 5) is 0. The molecular weight excluding hydrogens is 186 g/mol. The van der Waals surface area contributed by atoms with Crippen LogP contribution in [0.5, 0.6) is 0 Å². The lowest BCUT2D eigenvalue weighted by molar-refractivity contribution is 0.602. The van der Waals surface area contributed by atoms with Crippen LogP contribution in [0, 0.1) is 0 Å². The van der Waals surface area contributed by atoms with Gasteiger partial charge < -0.3 is 5.73 Å². The van der Waals surface area contributed by atoms with Crippen LogP contribution in [0.4, 0.5) is 0 Å². The molecule has 0 amide bonds. The molecule has 1 aromatic heterocycles. The van der Waals surface area contributed by atoms with E-state index in [0.717, 1.165) is 32.2 Å². The Morgan fingerprint density at radius 1 is 1.60 bits per heavy atom. The number of hydrogen-bond acceptors (Lipinski definition) is 2. The van der Waals surface area contributed by atoms with Crippen LogP contribution >= 0.6 is 0 Å². The maximum absolute atomic E-state index is 5.86. The van der Waals surface area contributed by atoms with Crippen molar-refractivity contribution in [3.8, 4) is 0 Å². The number of rotatable bonds is 3. The highest BCUT2D eigenvalue weighted by Crippen LogP contribution is 2.25. The van der Waals surface area contributed by atoms with Crippen LogP contribution in [-0.2, 0) is 6.54 Å². The smallest absolute Gasteiger partial charge is 0.0564 e. The molecule has 3 heteroatoms. The zero-order valence-corrected chi connectivity index (χ0v) is 9.32. The van der Waals surface area contributed by atoms with E-state index in [9.17, 15) is 0 Å². The van der Waals surface area contributed by atoms with E-state index < -0.39 is 0 Å². The van der Waals surface area contributed by atoms with Crippen molar-refractivity contribution in [2.75, 3.05) is 0 Å². The monoisotopic (exact) mass is 205 g/mol. The summed E-state index contributed by atoms with van der Waals surface area (Å²) in [5.74, 6) is 0. The van der Waals surface area contributed by atoms with Gasteiger partial charge in [-0.05, 0) is 31.3 Å². The Kier molecular flexibility index (Phi) is 3.21. The summed E-state index contributed by atoms with van der Waals surface area (Å²) < 4.78 is 2.02. The molecule has 3 nitrogen and oxygen atoms in total. The maximum Gasteiger partial charge on any atom is 0.0564 e. The van der Waals surface area contributed by atoms with E-state index in [1.807, 2.05) is 10.9 Å². The lowest BCUT2D eigenvalue weighted by Crippen LogP contribution is -2.21. The Labute approximate surface area is 91.0 Å². The Bertz CT molecular complexity index is 352. The van der Waals surface area contributed by atoms with E-state index in [4.69, 9.17) is 5.73 Å². The topological polar surface area (TPSA) is 43.8 Å². The number of nitrogens with two attached hydrogens (primary N) is 1. The molecule has 2 N–H and O–H groups in total. The standard InChI is InChI=1S/C12H19N3/c1-2-7-15-9-11(8-14-15)10-3-5-12(13)6-4-10/h3,8-9,12H,2,4-7,13H2,1H3. The van der Waals surface area contributed by atoms with Gasteiger partial charge in [-0.3, -0.25) is 4.68 Å². The lowest BCUT2D eigenvalue weighted by Gasteiger charge is -2.17. The molecule has 1 heterocycles. The number of allylic oxidation sites excluding steroid dienone is 1. The number of nitrogens with zero attached hydrogens (tertiary/aromatic N) is 2. The molecule has 82 valence electrons. The predicted molar refractivity (Wildman–Crippen MR) is 62.3 cm³/mol. The Morgan fingerprint density at radius 3 is 3.13 bits per heavy atom. The van der Waals surface area contributed by atoms with Gasteiger partial charge in [-0.25, -0.2) is 0 Å². The summed E-state index contributed by atoms with van der Waals surface area (Å²) in [5.41, 5.74) is 8.55. The summed E-state index contributed by atoms with van der Waals surface area (Å²) in [6.45, 7) is 3.17. The van der Waals surface area contributed by atoms with Crippen molar-refractivity contribution < 1.29 is 0 Å². The third-order valence-corrected chi connectivity index (χ3v) is 2.91. The van der Waals surface area contributed by atoms with Crippen LogP contribution in [-0.4, -0.2) is 15.8 Å². The highest BCUT2D eigenvalue weighted by atomic mass is 15.3. The number of hydrogen-bond donors (Lipinski definition) is 1. The SMILES string of the molecule is CCCn1cc(C2=CCC(N)CC2)cn1. The zero-order valence-electron chi connectivity index (χ0n) is 9.32. The van der Waals surface area contributed by atoms with Crippen molar-refractivity contribution >= 4 is 5.57 Å². The minimum Gasteiger partial charge on any atom is -0.327 e. The zero-order chi connectivity index (χ0) is 10.7. The van der Waals surface area contributed by atoms with Gasteiger partial charge in [0, 0.05) is 24.3 Å². The molecule has 0 aromatic carbocycles. The highest BCUT2D eigenvalue weighted by Gasteiger charge is 2.12. The Morgan fingerprint density at radius 2 is 2.47 bits per heavy atom. The molecule has 1 atom stereocenters. The van der Waals surface area contributed by atoms with Gasteiger partial charge in [-0.1, -0.05) is 13.0 Å². The van der Waals surface area contributed by atoms with Crippen LogP contribution in [0.25, 0.3) is 5.57 Å². The molecule has 0 fully saturated rings. The molecule has 0 saturated carbocycles. The predicted octanol–water partition coefficient (Wildman–Crippen LogP) is 2.19. The molecule has 1 aliphatic carbocycles. The van der Waals surface area contributed by atoms with Crippen molar-refractivity contribution in [1.82, 2.24) is 9.78 Å². The fourth-order valence-electron chi connectivity index (χ4n) is 2.00. The van der Waals surface area contributed by atoms with E-state index in [-0.39, 0.29) is 0 Å². The molecule has 0 spiro atoms. The summed E-state index contributed by atoms with van der Waals surface area (Å²) in [5, 5.41) is 4.34. The minimum atomic E-state index is 0.361. The second-order valence-electron chi connectivity index (χ2n) is 4.26. The van der Waals surface area contributed by atoms with Crippen LogP contribution in [0.1, 0.15) is 38.2 Å². The minimum absolute atomic E-state index is 0.361. The van der Waals surface area contributed by atoms with Gasteiger partial charge in [0.05, 0.1) is 6.20 Å². The quantitative estimate of drug-likeness (QED) is 0.822. The molecule has 15 heavy (non-hydrogen) atoms. The lowest BCUT2D eigenvalue weighted by atomic mass is 9.93. The molecule has 2 rings (SSSR count). The van der Waals surface area contributed by atoms with E-state index in [0.29, 0.717) is 6.04 Å². The second kappa shape index (κ2) is 4.62. The summed E-state index contributed by atoms with van der Waals surface area (Å²) in [6, 6.07) is 0.361. The summed E-state index contributed by atoms with van der Waals surface area (Å²) in [7, 11) is 0. The third kappa shape index (κ3) is 2.48. The van der Waals surface area contributed by atoms with Crippen LogP contribution in [0.15, 0.2) is 18.5 Å². The van der Waals surface area contributed by atoms with Crippen LogP contribution < -0.4 is 5.73 Å². The van der Waals surface area contributed by atoms with Gasteiger partial charge in [0.15, 0.2) is 0 Å². The first kappa shape index (κ1) is 10.4.